The van der Waals surface area contributed by atoms with Gasteiger partial charge in [0.2, 0.25) is 0 Å². The molecule has 2 unspecified atom stereocenters. The molecule has 1 fully saturated rings. The van der Waals surface area contributed by atoms with Gasteiger partial charge in [-0.1, -0.05) is 18.2 Å². The van der Waals surface area contributed by atoms with Gasteiger partial charge in [-0.25, -0.2) is 0 Å². The van der Waals surface area contributed by atoms with Gasteiger partial charge in [0.25, 0.3) is 0 Å². The lowest BCUT2D eigenvalue weighted by atomic mass is 10.3. The molecule has 0 saturated carbocycles. The molecule has 0 aliphatic carbocycles. The van der Waals surface area contributed by atoms with E-state index >= 15 is 0 Å². The predicted octanol–water partition coefficient (Wildman–Crippen LogP) is 1.50. The minimum absolute atomic E-state index is 0.328. The SMILES string of the molecule is CC(CNCC(O)COc1ccccc1)N1CCCC1. The van der Waals surface area contributed by atoms with Crippen LogP contribution < -0.4 is 10.1 Å². The number of nitrogens with zero attached hydrogens (tertiary/aromatic N) is 1. The van der Waals surface area contributed by atoms with Gasteiger partial charge < -0.3 is 15.2 Å². The molecule has 2 atom stereocenters. The van der Waals surface area contributed by atoms with Crippen LogP contribution in [0.4, 0.5) is 0 Å². The zero-order valence-electron chi connectivity index (χ0n) is 12.3. The Balaban J connectivity index is 1.56. The maximum Gasteiger partial charge on any atom is 0.119 e. The fraction of sp³-hybridized carbons (Fsp3) is 0.625. The third kappa shape index (κ3) is 5.12. The summed E-state index contributed by atoms with van der Waals surface area (Å²) in [6.07, 6.45) is 2.16. The van der Waals surface area contributed by atoms with Gasteiger partial charge in [-0.15, -0.1) is 0 Å². The van der Waals surface area contributed by atoms with Crippen molar-refractivity contribution >= 4 is 0 Å². The fourth-order valence-electron chi connectivity index (χ4n) is 2.54. The van der Waals surface area contributed by atoms with Crippen LogP contribution in [-0.2, 0) is 0 Å². The van der Waals surface area contributed by atoms with Gasteiger partial charge in [-0.2, -0.15) is 0 Å². The number of benzene rings is 1. The van der Waals surface area contributed by atoms with Gasteiger partial charge in [-0.05, 0) is 45.0 Å². The van der Waals surface area contributed by atoms with Gasteiger partial charge >= 0.3 is 0 Å². The predicted molar refractivity (Wildman–Crippen MR) is 81.1 cm³/mol. The number of aliphatic hydroxyl groups excluding tert-OH is 1. The van der Waals surface area contributed by atoms with Crippen LogP contribution in [0.25, 0.3) is 0 Å². The summed E-state index contributed by atoms with van der Waals surface area (Å²) in [5.74, 6) is 0.803. The number of aliphatic hydroxyl groups is 1. The van der Waals surface area contributed by atoms with Gasteiger partial charge in [-0.3, -0.25) is 4.90 Å². The average Bonchev–Trinajstić information content (AvgIpc) is 3.00. The Morgan fingerprint density at radius 2 is 1.90 bits per heavy atom. The second-order valence-electron chi connectivity index (χ2n) is 5.53. The molecule has 2 N–H and O–H groups in total. The normalized spacial score (nSPS) is 18.9. The Morgan fingerprint density at radius 1 is 1.20 bits per heavy atom. The zero-order valence-corrected chi connectivity index (χ0v) is 12.3. The van der Waals surface area contributed by atoms with Crippen molar-refractivity contribution in [2.45, 2.75) is 31.9 Å². The highest BCUT2D eigenvalue weighted by atomic mass is 16.5. The summed E-state index contributed by atoms with van der Waals surface area (Å²) in [6.45, 7) is 6.48. The van der Waals surface area contributed by atoms with E-state index in [1.54, 1.807) is 0 Å². The van der Waals surface area contributed by atoms with Gasteiger partial charge in [0.05, 0.1) is 0 Å². The van der Waals surface area contributed by atoms with E-state index in [2.05, 4.69) is 17.1 Å². The molecule has 1 aromatic rings. The third-order valence-corrected chi connectivity index (χ3v) is 3.77. The molecule has 1 saturated heterocycles. The van der Waals surface area contributed by atoms with Crippen LogP contribution in [0.2, 0.25) is 0 Å². The van der Waals surface area contributed by atoms with Crippen molar-refractivity contribution in [3.63, 3.8) is 0 Å². The molecule has 0 bridgehead atoms. The van der Waals surface area contributed by atoms with Crippen molar-refractivity contribution in [1.82, 2.24) is 10.2 Å². The van der Waals surface area contributed by atoms with E-state index in [4.69, 9.17) is 4.74 Å². The zero-order chi connectivity index (χ0) is 14.2. The molecule has 0 amide bonds. The van der Waals surface area contributed by atoms with Crippen LogP contribution in [-0.4, -0.2) is 54.9 Å². The van der Waals surface area contributed by atoms with Crippen LogP contribution in [0.3, 0.4) is 0 Å². The number of hydrogen-bond donors (Lipinski definition) is 2. The van der Waals surface area contributed by atoms with E-state index in [0.717, 1.165) is 12.3 Å². The van der Waals surface area contributed by atoms with Crippen LogP contribution in [0.1, 0.15) is 19.8 Å². The highest BCUT2D eigenvalue weighted by Crippen LogP contribution is 2.11. The summed E-state index contributed by atoms with van der Waals surface area (Å²) in [6, 6.07) is 10.1. The molecule has 1 aliphatic rings. The van der Waals surface area contributed by atoms with Crippen molar-refractivity contribution in [2.24, 2.45) is 0 Å². The lowest BCUT2D eigenvalue weighted by Gasteiger charge is -2.24. The highest BCUT2D eigenvalue weighted by Gasteiger charge is 2.17. The third-order valence-electron chi connectivity index (χ3n) is 3.77. The van der Waals surface area contributed by atoms with Crippen LogP contribution in [0.15, 0.2) is 30.3 Å². The summed E-state index contributed by atoms with van der Waals surface area (Å²) < 4.78 is 5.52. The molecule has 1 heterocycles. The Bertz CT molecular complexity index is 366. The molecule has 0 radical (unpaired) electrons. The van der Waals surface area contributed by atoms with Gasteiger partial charge in [0, 0.05) is 19.1 Å². The number of hydrogen-bond acceptors (Lipinski definition) is 4. The first-order chi connectivity index (χ1) is 9.75. The molecule has 1 aromatic carbocycles. The van der Waals surface area contributed by atoms with Crippen molar-refractivity contribution in [3.8, 4) is 5.75 Å². The number of para-hydroxylation sites is 1. The lowest BCUT2D eigenvalue weighted by Crippen LogP contribution is -2.41. The fourth-order valence-corrected chi connectivity index (χ4v) is 2.54. The molecule has 2 rings (SSSR count). The standard InChI is InChI=1S/C16H26N2O2/c1-14(18-9-5-6-10-18)11-17-12-15(19)13-20-16-7-3-2-4-8-16/h2-4,7-8,14-15,17,19H,5-6,9-13H2,1H3. The largest absolute Gasteiger partial charge is 0.491 e. The molecular weight excluding hydrogens is 252 g/mol. The minimum Gasteiger partial charge on any atom is -0.491 e. The molecule has 4 heteroatoms. The van der Waals surface area contributed by atoms with Crippen molar-refractivity contribution in [3.05, 3.63) is 30.3 Å². The maximum absolute atomic E-state index is 9.89. The van der Waals surface area contributed by atoms with E-state index < -0.39 is 6.10 Å². The topological polar surface area (TPSA) is 44.7 Å². The first-order valence-corrected chi connectivity index (χ1v) is 7.56. The summed E-state index contributed by atoms with van der Waals surface area (Å²) in [5.41, 5.74) is 0. The monoisotopic (exact) mass is 278 g/mol. The first kappa shape index (κ1) is 15.3. The van der Waals surface area contributed by atoms with E-state index in [1.807, 2.05) is 30.3 Å². The summed E-state index contributed by atoms with van der Waals surface area (Å²) in [5, 5.41) is 13.2. The molecule has 0 spiro atoms. The van der Waals surface area contributed by atoms with E-state index in [1.165, 1.54) is 25.9 Å². The average molecular weight is 278 g/mol. The Hall–Kier alpha value is -1.10. The Kier molecular flexibility index (Phi) is 6.30. The lowest BCUT2D eigenvalue weighted by molar-refractivity contribution is 0.104. The number of nitrogens with one attached hydrogen (secondary N) is 1. The molecule has 0 aromatic heterocycles. The summed E-state index contributed by atoms with van der Waals surface area (Å²) in [7, 11) is 0. The summed E-state index contributed by atoms with van der Waals surface area (Å²) >= 11 is 0. The number of likely N-dealkylation sites (tertiary alicyclic amines) is 1. The van der Waals surface area contributed by atoms with E-state index in [0.29, 0.717) is 19.2 Å². The molecular formula is C16H26N2O2. The Labute approximate surface area is 121 Å². The molecule has 20 heavy (non-hydrogen) atoms. The number of rotatable bonds is 8. The quantitative estimate of drug-likeness (QED) is 0.756. The van der Waals surface area contributed by atoms with Gasteiger partial charge in [0.1, 0.15) is 18.5 Å². The van der Waals surface area contributed by atoms with Crippen molar-refractivity contribution in [1.29, 1.82) is 0 Å². The van der Waals surface area contributed by atoms with E-state index in [-0.39, 0.29) is 0 Å². The highest BCUT2D eigenvalue weighted by molar-refractivity contribution is 5.20. The molecule has 112 valence electrons. The molecule has 4 nitrogen and oxygen atoms in total. The van der Waals surface area contributed by atoms with Crippen LogP contribution >= 0.6 is 0 Å². The van der Waals surface area contributed by atoms with E-state index in [9.17, 15) is 5.11 Å². The molecule has 1 aliphatic heterocycles. The maximum atomic E-state index is 9.89. The summed E-state index contributed by atoms with van der Waals surface area (Å²) in [4.78, 5) is 2.50. The second-order valence-corrected chi connectivity index (χ2v) is 5.53. The van der Waals surface area contributed by atoms with Gasteiger partial charge in [0.15, 0.2) is 0 Å². The van der Waals surface area contributed by atoms with Crippen molar-refractivity contribution in [2.75, 3.05) is 32.8 Å². The number of ether oxygens (including phenoxy) is 1. The van der Waals surface area contributed by atoms with Crippen molar-refractivity contribution < 1.29 is 9.84 Å². The minimum atomic E-state index is -0.471. The second kappa shape index (κ2) is 8.25. The van der Waals surface area contributed by atoms with Crippen LogP contribution in [0.5, 0.6) is 5.75 Å². The first-order valence-electron chi connectivity index (χ1n) is 7.56. The smallest absolute Gasteiger partial charge is 0.119 e. The van der Waals surface area contributed by atoms with Crippen LogP contribution in [0, 0.1) is 0 Å². The Morgan fingerprint density at radius 3 is 2.60 bits per heavy atom.